The van der Waals surface area contributed by atoms with Crippen LogP contribution in [0.1, 0.15) is 23.6 Å². The van der Waals surface area contributed by atoms with Crippen LogP contribution >= 0.6 is 50.9 Å². The zero-order chi connectivity index (χ0) is 25.2. The van der Waals surface area contributed by atoms with E-state index in [9.17, 15) is 9.59 Å². The minimum atomic E-state index is -0.630. The molecule has 0 aliphatic rings. The van der Waals surface area contributed by atoms with Crippen LogP contribution in [0.25, 0.3) is 0 Å². The number of benzene rings is 3. The van der Waals surface area contributed by atoms with E-state index in [-0.39, 0.29) is 17.6 Å². The van der Waals surface area contributed by atoms with E-state index in [0.29, 0.717) is 35.3 Å². The predicted molar refractivity (Wildman–Crippen MR) is 150 cm³/mol. The van der Waals surface area contributed by atoms with Crippen LogP contribution in [0.4, 0.5) is 0 Å². The summed E-state index contributed by atoms with van der Waals surface area (Å²) >= 11 is 17.1. The number of carbonyl (C=O) groups is 2. The van der Waals surface area contributed by atoms with Crippen LogP contribution in [0, 0.1) is 0 Å². The molecule has 0 saturated heterocycles. The number of likely N-dealkylation sites (N-methyl/N-ethyl adjacent to an activating group) is 1. The number of amides is 2. The molecule has 0 saturated carbocycles. The molecule has 1 N–H and O–H groups in total. The molecule has 3 aromatic carbocycles. The van der Waals surface area contributed by atoms with Gasteiger partial charge in [-0.2, -0.15) is 0 Å². The van der Waals surface area contributed by atoms with Gasteiger partial charge in [0.2, 0.25) is 11.8 Å². The highest BCUT2D eigenvalue weighted by Gasteiger charge is 2.30. The molecule has 3 aromatic rings. The summed E-state index contributed by atoms with van der Waals surface area (Å²) in [7, 11) is 0. The first-order valence-electron chi connectivity index (χ1n) is 11.2. The molecule has 0 unspecified atom stereocenters. The monoisotopic (exact) mass is 592 g/mol. The predicted octanol–water partition coefficient (Wildman–Crippen LogP) is 6.77. The maximum absolute atomic E-state index is 13.6. The summed E-state index contributed by atoms with van der Waals surface area (Å²) in [6.45, 7) is 2.71. The Morgan fingerprint density at radius 1 is 0.943 bits per heavy atom. The zero-order valence-electron chi connectivity index (χ0n) is 19.3. The van der Waals surface area contributed by atoms with Gasteiger partial charge in [0.15, 0.2) is 0 Å². The maximum Gasteiger partial charge on any atom is 0.243 e. The minimum Gasteiger partial charge on any atom is -0.355 e. The second-order valence-electron chi connectivity index (χ2n) is 7.99. The largest absolute Gasteiger partial charge is 0.355 e. The molecule has 4 nitrogen and oxygen atoms in total. The minimum absolute atomic E-state index is 0.0952. The number of hydrogen-bond acceptors (Lipinski definition) is 3. The fraction of sp³-hybridized carbons (Fsp3) is 0.259. The normalized spacial score (nSPS) is 11.7. The molecular formula is C27H27BrCl2N2O2S. The van der Waals surface area contributed by atoms with Crippen molar-refractivity contribution in [3.63, 3.8) is 0 Å². The van der Waals surface area contributed by atoms with Crippen LogP contribution in [0.3, 0.4) is 0 Å². The Morgan fingerprint density at radius 2 is 1.69 bits per heavy atom. The number of hydrogen-bond donors (Lipinski definition) is 1. The number of rotatable bonds is 11. The molecule has 8 heteroatoms. The Labute approximate surface area is 229 Å². The van der Waals surface area contributed by atoms with Gasteiger partial charge in [0.1, 0.15) is 6.04 Å². The van der Waals surface area contributed by atoms with Crippen LogP contribution in [0.15, 0.2) is 77.3 Å². The molecule has 0 fully saturated rings. The molecule has 0 spiro atoms. The standard InChI is InChI=1S/C27H27BrCl2N2O2S/c1-2-31-27(34)25(15-19-7-4-3-5-8-19)32(16-20-9-6-10-22(28)13-20)26(33)18-35-17-21-11-12-23(29)24(30)14-21/h3-14,25H,2,15-18H2,1H3,(H,31,34)/t25-/m1/s1. The molecule has 0 radical (unpaired) electrons. The van der Waals surface area contributed by atoms with E-state index in [0.717, 1.165) is 21.2 Å². The number of nitrogens with zero attached hydrogens (tertiary/aromatic N) is 1. The van der Waals surface area contributed by atoms with Gasteiger partial charge >= 0.3 is 0 Å². The fourth-order valence-electron chi connectivity index (χ4n) is 3.65. The van der Waals surface area contributed by atoms with Crippen molar-refractivity contribution in [1.82, 2.24) is 10.2 Å². The zero-order valence-corrected chi connectivity index (χ0v) is 23.3. The van der Waals surface area contributed by atoms with Crippen LogP contribution in [-0.4, -0.2) is 35.1 Å². The summed E-state index contributed by atoms with van der Waals surface area (Å²) in [5.74, 6) is 0.591. The summed E-state index contributed by atoms with van der Waals surface area (Å²) in [5, 5.41) is 3.91. The maximum atomic E-state index is 13.6. The van der Waals surface area contributed by atoms with Crippen molar-refractivity contribution in [3.05, 3.63) is 104 Å². The van der Waals surface area contributed by atoms with E-state index in [2.05, 4.69) is 21.2 Å². The van der Waals surface area contributed by atoms with Gasteiger partial charge in [-0.1, -0.05) is 87.7 Å². The third-order valence-electron chi connectivity index (χ3n) is 5.34. The van der Waals surface area contributed by atoms with Crippen LogP contribution < -0.4 is 5.32 Å². The first-order chi connectivity index (χ1) is 16.9. The molecule has 0 aromatic heterocycles. The van der Waals surface area contributed by atoms with Crippen molar-refractivity contribution in [3.8, 4) is 0 Å². The van der Waals surface area contributed by atoms with Crippen LogP contribution in [0.2, 0.25) is 10.0 Å². The third kappa shape index (κ3) is 8.57. The van der Waals surface area contributed by atoms with Crippen molar-refractivity contribution >= 4 is 62.7 Å². The topological polar surface area (TPSA) is 49.4 Å². The first kappa shape index (κ1) is 27.6. The number of halogens is 3. The Morgan fingerprint density at radius 3 is 2.37 bits per heavy atom. The van der Waals surface area contributed by atoms with Crippen molar-refractivity contribution in [2.75, 3.05) is 12.3 Å². The van der Waals surface area contributed by atoms with Gasteiger partial charge in [0.25, 0.3) is 0 Å². The van der Waals surface area contributed by atoms with Crippen molar-refractivity contribution < 1.29 is 9.59 Å². The molecule has 184 valence electrons. The summed E-state index contributed by atoms with van der Waals surface area (Å²) in [6, 6.07) is 22.4. The summed E-state index contributed by atoms with van der Waals surface area (Å²) in [6.07, 6.45) is 0.434. The Hall–Kier alpha value is -1.99. The highest BCUT2D eigenvalue weighted by atomic mass is 79.9. The summed E-state index contributed by atoms with van der Waals surface area (Å²) in [4.78, 5) is 28.4. The van der Waals surface area contributed by atoms with E-state index in [1.807, 2.05) is 73.7 Å². The number of thioether (sulfide) groups is 1. The lowest BCUT2D eigenvalue weighted by molar-refractivity contribution is -0.139. The third-order valence-corrected chi connectivity index (χ3v) is 7.56. The van der Waals surface area contributed by atoms with Gasteiger partial charge < -0.3 is 10.2 Å². The molecular weight excluding hydrogens is 567 g/mol. The highest BCUT2D eigenvalue weighted by molar-refractivity contribution is 9.10. The van der Waals surface area contributed by atoms with E-state index >= 15 is 0 Å². The molecule has 0 aliphatic carbocycles. The van der Waals surface area contributed by atoms with Gasteiger partial charge in [0.05, 0.1) is 15.8 Å². The summed E-state index contributed by atoms with van der Waals surface area (Å²) < 4.78 is 0.925. The average molecular weight is 594 g/mol. The lowest BCUT2D eigenvalue weighted by Crippen LogP contribution is -2.51. The summed E-state index contributed by atoms with van der Waals surface area (Å²) in [5.41, 5.74) is 2.93. The van der Waals surface area contributed by atoms with E-state index in [4.69, 9.17) is 23.2 Å². The molecule has 0 bridgehead atoms. The van der Waals surface area contributed by atoms with Gasteiger partial charge in [-0.05, 0) is 47.9 Å². The second-order valence-corrected chi connectivity index (χ2v) is 10.7. The van der Waals surface area contributed by atoms with Crippen LogP contribution in [-0.2, 0) is 28.3 Å². The average Bonchev–Trinajstić information content (AvgIpc) is 2.84. The molecule has 3 rings (SSSR count). The highest BCUT2D eigenvalue weighted by Crippen LogP contribution is 2.25. The van der Waals surface area contributed by atoms with Gasteiger partial charge in [-0.25, -0.2) is 0 Å². The SMILES string of the molecule is CCNC(=O)[C@@H](Cc1ccccc1)N(Cc1cccc(Br)c1)C(=O)CSCc1ccc(Cl)c(Cl)c1. The molecule has 35 heavy (non-hydrogen) atoms. The Bertz CT molecular complexity index is 1150. The first-order valence-corrected chi connectivity index (χ1v) is 13.9. The van der Waals surface area contributed by atoms with Gasteiger partial charge in [0, 0.05) is 29.7 Å². The molecule has 0 heterocycles. The van der Waals surface area contributed by atoms with E-state index < -0.39 is 6.04 Å². The number of carbonyl (C=O) groups excluding carboxylic acids is 2. The molecule has 0 aliphatic heterocycles. The lowest BCUT2D eigenvalue weighted by Gasteiger charge is -2.31. The fourth-order valence-corrected chi connectivity index (χ4v) is 5.27. The molecule has 2 amide bonds. The Balaban J connectivity index is 1.82. The molecule has 1 atom stereocenters. The smallest absolute Gasteiger partial charge is 0.243 e. The van der Waals surface area contributed by atoms with Crippen molar-refractivity contribution in [2.45, 2.75) is 31.7 Å². The van der Waals surface area contributed by atoms with Crippen molar-refractivity contribution in [2.24, 2.45) is 0 Å². The Kier molecular flexibility index (Phi) is 11.0. The van der Waals surface area contributed by atoms with Gasteiger partial charge in [-0.15, -0.1) is 11.8 Å². The van der Waals surface area contributed by atoms with Crippen LogP contribution in [0.5, 0.6) is 0 Å². The van der Waals surface area contributed by atoms with E-state index in [1.165, 1.54) is 11.8 Å². The lowest BCUT2D eigenvalue weighted by atomic mass is 10.0. The van der Waals surface area contributed by atoms with E-state index in [1.54, 1.807) is 11.0 Å². The second kappa shape index (κ2) is 13.9. The van der Waals surface area contributed by atoms with Gasteiger partial charge in [-0.3, -0.25) is 9.59 Å². The van der Waals surface area contributed by atoms with Crippen molar-refractivity contribution in [1.29, 1.82) is 0 Å². The quantitative estimate of drug-likeness (QED) is 0.267. The number of nitrogens with one attached hydrogen (secondary N) is 1.